The van der Waals surface area contributed by atoms with Crippen molar-refractivity contribution in [2.45, 2.75) is 20.0 Å². The van der Waals surface area contributed by atoms with E-state index in [1.54, 1.807) is 7.11 Å². The van der Waals surface area contributed by atoms with Gasteiger partial charge in [-0.15, -0.1) is 10.2 Å². The van der Waals surface area contributed by atoms with E-state index in [1.165, 1.54) is 0 Å². The Bertz CT molecular complexity index is 581. The molecule has 0 spiro atoms. The maximum absolute atomic E-state index is 5.76. The van der Waals surface area contributed by atoms with Crippen LogP contribution in [0.3, 0.4) is 0 Å². The summed E-state index contributed by atoms with van der Waals surface area (Å²) >= 11 is 0. The van der Waals surface area contributed by atoms with Gasteiger partial charge in [0.25, 0.3) is 0 Å². The average molecular weight is 276 g/mol. The molecule has 0 saturated heterocycles. The molecule has 0 aliphatic rings. The van der Waals surface area contributed by atoms with Crippen molar-refractivity contribution in [3.8, 4) is 11.5 Å². The first-order chi connectivity index (χ1) is 9.65. The first kappa shape index (κ1) is 14.3. The molecule has 6 heteroatoms. The highest BCUT2D eigenvalue weighted by Gasteiger charge is 2.09. The summed E-state index contributed by atoms with van der Waals surface area (Å²) in [6, 6.07) is 5.84. The van der Waals surface area contributed by atoms with E-state index < -0.39 is 0 Å². The zero-order valence-electron chi connectivity index (χ0n) is 12.1. The van der Waals surface area contributed by atoms with Gasteiger partial charge in [0.1, 0.15) is 12.4 Å². The van der Waals surface area contributed by atoms with Crippen LogP contribution < -0.4 is 15.2 Å². The number of ether oxygens (including phenoxy) is 2. The summed E-state index contributed by atoms with van der Waals surface area (Å²) in [6.45, 7) is 2.87. The second-order valence-corrected chi connectivity index (χ2v) is 4.54. The molecule has 0 saturated carbocycles. The van der Waals surface area contributed by atoms with Gasteiger partial charge in [0.2, 0.25) is 0 Å². The molecule has 1 heterocycles. The summed E-state index contributed by atoms with van der Waals surface area (Å²) in [7, 11) is 3.54. The molecule has 1 aromatic heterocycles. The molecule has 6 nitrogen and oxygen atoms in total. The van der Waals surface area contributed by atoms with Gasteiger partial charge in [-0.3, -0.25) is 0 Å². The van der Waals surface area contributed by atoms with Crippen LogP contribution in [0.2, 0.25) is 0 Å². The largest absolute Gasteiger partial charge is 0.493 e. The van der Waals surface area contributed by atoms with Crippen molar-refractivity contribution in [3.63, 3.8) is 0 Å². The Morgan fingerprint density at radius 2 is 2.05 bits per heavy atom. The fraction of sp³-hybridized carbons (Fsp3) is 0.429. The van der Waals surface area contributed by atoms with Crippen molar-refractivity contribution >= 4 is 0 Å². The molecular weight excluding hydrogens is 256 g/mol. The predicted molar refractivity (Wildman–Crippen MR) is 75.8 cm³/mol. The normalized spacial score (nSPS) is 10.6. The van der Waals surface area contributed by atoms with Crippen molar-refractivity contribution in [3.05, 3.63) is 35.4 Å². The van der Waals surface area contributed by atoms with E-state index in [0.717, 1.165) is 23.6 Å². The van der Waals surface area contributed by atoms with Gasteiger partial charge < -0.3 is 19.8 Å². The Hall–Kier alpha value is -2.08. The highest BCUT2D eigenvalue weighted by atomic mass is 16.5. The highest BCUT2D eigenvalue weighted by molar-refractivity contribution is 5.43. The molecule has 0 atom stereocenters. The van der Waals surface area contributed by atoms with Gasteiger partial charge in [0, 0.05) is 7.05 Å². The highest BCUT2D eigenvalue weighted by Crippen LogP contribution is 2.28. The van der Waals surface area contributed by atoms with Crippen molar-refractivity contribution in [2.75, 3.05) is 13.7 Å². The molecule has 0 aliphatic heterocycles. The van der Waals surface area contributed by atoms with Gasteiger partial charge in [0.15, 0.2) is 17.3 Å². The Morgan fingerprint density at radius 1 is 1.25 bits per heavy atom. The minimum Gasteiger partial charge on any atom is -0.493 e. The molecule has 0 bridgehead atoms. The van der Waals surface area contributed by atoms with E-state index in [4.69, 9.17) is 15.2 Å². The Labute approximate surface area is 118 Å². The zero-order valence-corrected chi connectivity index (χ0v) is 12.1. The minimum atomic E-state index is 0.351. The number of aryl methyl sites for hydroxylation is 1. The van der Waals surface area contributed by atoms with E-state index in [2.05, 4.69) is 10.2 Å². The molecule has 0 aliphatic carbocycles. The predicted octanol–water partition coefficient (Wildman–Crippen LogP) is 1.21. The van der Waals surface area contributed by atoms with E-state index in [9.17, 15) is 0 Å². The topological polar surface area (TPSA) is 75.2 Å². The smallest absolute Gasteiger partial charge is 0.170 e. The first-order valence-corrected chi connectivity index (χ1v) is 6.50. The first-order valence-electron chi connectivity index (χ1n) is 6.50. The quantitative estimate of drug-likeness (QED) is 0.858. The molecule has 108 valence electrons. The van der Waals surface area contributed by atoms with Gasteiger partial charge >= 0.3 is 0 Å². The van der Waals surface area contributed by atoms with Crippen molar-refractivity contribution in [2.24, 2.45) is 12.8 Å². The van der Waals surface area contributed by atoms with Crippen LogP contribution in [0.25, 0.3) is 0 Å². The number of nitrogens with zero attached hydrogens (tertiary/aromatic N) is 3. The number of benzene rings is 1. The molecule has 0 unspecified atom stereocenters. The van der Waals surface area contributed by atoms with Crippen molar-refractivity contribution in [1.82, 2.24) is 14.8 Å². The summed E-state index contributed by atoms with van der Waals surface area (Å²) in [5, 5.41) is 8.06. The lowest BCUT2D eigenvalue weighted by Gasteiger charge is -2.11. The van der Waals surface area contributed by atoms with E-state index in [1.807, 2.05) is 36.7 Å². The minimum absolute atomic E-state index is 0.351. The molecule has 0 radical (unpaired) electrons. The number of hydrogen-bond acceptors (Lipinski definition) is 5. The van der Waals surface area contributed by atoms with E-state index in [-0.39, 0.29) is 0 Å². The van der Waals surface area contributed by atoms with Crippen LogP contribution in [0, 0.1) is 6.92 Å². The fourth-order valence-electron chi connectivity index (χ4n) is 1.87. The number of hydrogen-bond donors (Lipinski definition) is 1. The fourth-order valence-corrected chi connectivity index (χ4v) is 1.87. The lowest BCUT2D eigenvalue weighted by atomic mass is 10.1. The molecule has 2 N–H and O–H groups in total. The van der Waals surface area contributed by atoms with Crippen LogP contribution >= 0.6 is 0 Å². The monoisotopic (exact) mass is 276 g/mol. The number of methoxy groups -OCH3 is 1. The van der Waals surface area contributed by atoms with Crippen molar-refractivity contribution < 1.29 is 9.47 Å². The maximum atomic E-state index is 5.76. The van der Waals surface area contributed by atoms with E-state index >= 15 is 0 Å². The molecule has 0 amide bonds. The Balaban J connectivity index is 2.11. The van der Waals surface area contributed by atoms with Gasteiger partial charge in [-0.05, 0) is 37.6 Å². The van der Waals surface area contributed by atoms with Crippen LogP contribution in [0.4, 0.5) is 0 Å². The number of nitrogens with two attached hydrogens (primary N) is 1. The second kappa shape index (κ2) is 6.38. The van der Waals surface area contributed by atoms with Gasteiger partial charge in [0.05, 0.1) is 7.11 Å². The summed E-state index contributed by atoms with van der Waals surface area (Å²) in [6.07, 6.45) is 0.819. The molecule has 2 aromatic rings. The van der Waals surface area contributed by atoms with Gasteiger partial charge in [-0.1, -0.05) is 6.07 Å². The zero-order chi connectivity index (χ0) is 14.5. The Kier molecular flexibility index (Phi) is 4.57. The SMILES string of the molecule is COc1cc(CCN)ccc1OCc1nnc(C)n1C. The summed E-state index contributed by atoms with van der Waals surface area (Å²) < 4.78 is 13.0. The van der Waals surface area contributed by atoms with Crippen LogP contribution in [-0.4, -0.2) is 28.4 Å². The van der Waals surface area contributed by atoms with E-state index in [0.29, 0.717) is 24.7 Å². The number of rotatable bonds is 6. The summed E-state index contributed by atoms with van der Waals surface area (Å²) in [4.78, 5) is 0. The second-order valence-electron chi connectivity index (χ2n) is 4.54. The third-order valence-corrected chi connectivity index (χ3v) is 3.20. The van der Waals surface area contributed by atoms with Crippen molar-refractivity contribution in [1.29, 1.82) is 0 Å². The molecular formula is C14H20N4O2. The summed E-state index contributed by atoms with van der Waals surface area (Å²) in [5.74, 6) is 3.02. The standard InChI is InChI=1S/C14H20N4O2/c1-10-16-17-14(18(10)2)9-20-12-5-4-11(6-7-15)8-13(12)19-3/h4-5,8H,6-7,9,15H2,1-3H3. The summed E-state index contributed by atoms with van der Waals surface area (Å²) in [5.41, 5.74) is 6.68. The maximum Gasteiger partial charge on any atom is 0.170 e. The van der Waals surface area contributed by atoms with Crippen LogP contribution in [-0.2, 0) is 20.1 Å². The third kappa shape index (κ3) is 3.08. The Morgan fingerprint density at radius 3 is 2.65 bits per heavy atom. The van der Waals surface area contributed by atoms with Gasteiger partial charge in [-0.25, -0.2) is 0 Å². The van der Waals surface area contributed by atoms with Gasteiger partial charge in [-0.2, -0.15) is 0 Å². The van der Waals surface area contributed by atoms with Crippen LogP contribution in [0.5, 0.6) is 11.5 Å². The number of aromatic nitrogens is 3. The molecule has 20 heavy (non-hydrogen) atoms. The molecule has 0 fully saturated rings. The lowest BCUT2D eigenvalue weighted by Crippen LogP contribution is -2.06. The lowest BCUT2D eigenvalue weighted by molar-refractivity contribution is 0.272. The molecule has 1 aromatic carbocycles. The third-order valence-electron chi connectivity index (χ3n) is 3.20. The van der Waals surface area contributed by atoms with Crippen LogP contribution in [0.1, 0.15) is 17.2 Å². The van der Waals surface area contributed by atoms with Crippen LogP contribution in [0.15, 0.2) is 18.2 Å². The molecule has 2 rings (SSSR count). The average Bonchev–Trinajstić information content (AvgIpc) is 2.77.